The maximum atomic E-state index is 12.8. The molecule has 29 heavy (non-hydrogen) atoms. The van der Waals surface area contributed by atoms with Crippen LogP contribution in [-0.4, -0.2) is 49.3 Å². The van der Waals surface area contributed by atoms with Gasteiger partial charge in [0, 0.05) is 48.5 Å². The third-order valence-electron chi connectivity index (χ3n) is 4.99. The summed E-state index contributed by atoms with van der Waals surface area (Å²) >= 11 is 0. The number of carbonyl (C=O) groups excluding carboxylic acids is 2. The Labute approximate surface area is 168 Å². The molecular formula is C20H20N2O6S. The molecule has 1 amide bonds. The van der Waals surface area contributed by atoms with Crippen molar-refractivity contribution >= 4 is 27.2 Å². The predicted octanol–water partition coefficient (Wildman–Crippen LogP) is 2.73. The van der Waals surface area contributed by atoms with Crippen molar-refractivity contribution in [2.45, 2.75) is 17.7 Å². The SMILES string of the molecule is CS(=O)(=O)c1cc(C(=O)N2CCC(C(=O)c3ccccc3)CC2)cc([N+](=O)[O-])c1. The minimum Gasteiger partial charge on any atom is -0.339 e. The molecular weight excluding hydrogens is 396 g/mol. The first kappa shape index (κ1) is 20.7. The molecule has 0 aromatic heterocycles. The van der Waals surface area contributed by atoms with Gasteiger partial charge >= 0.3 is 0 Å². The molecule has 2 aromatic carbocycles. The van der Waals surface area contributed by atoms with Crippen LogP contribution in [0.2, 0.25) is 0 Å². The van der Waals surface area contributed by atoms with Crippen molar-refractivity contribution in [2.75, 3.05) is 19.3 Å². The fourth-order valence-electron chi connectivity index (χ4n) is 3.39. The van der Waals surface area contributed by atoms with Crippen LogP contribution in [-0.2, 0) is 9.84 Å². The second-order valence-corrected chi connectivity index (χ2v) is 9.06. The molecule has 0 bridgehead atoms. The molecule has 3 rings (SSSR count). The Hall–Kier alpha value is -3.07. The van der Waals surface area contributed by atoms with Crippen LogP contribution in [0.3, 0.4) is 0 Å². The van der Waals surface area contributed by atoms with Crippen molar-refractivity contribution in [3.63, 3.8) is 0 Å². The third-order valence-corrected chi connectivity index (χ3v) is 6.08. The normalized spacial score (nSPS) is 15.1. The van der Waals surface area contributed by atoms with Gasteiger partial charge in [-0.05, 0) is 18.9 Å². The van der Waals surface area contributed by atoms with Gasteiger partial charge in [-0.15, -0.1) is 0 Å². The summed E-state index contributed by atoms with van der Waals surface area (Å²) in [6, 6.07) is 12.1. The summed E-state index contributed by atoms with van der Waals surface area (Å²) in [7, 11) is -3.72. The molecule has 2 aromatic rings. The molecule has 0 spiro atoms. The molecule has 152 valence electrons. The number of nitro groups is 1. The van der Waals surface area contributed by atoms with Gasteiger partial charge in [-0.3, -0.25) is 19.7 Å². The number of Topliss-reactive ketones (excluding diaryl/α,β-unsaturated/α-hetero) is 1. The first-order valence-electron chi connectivity index (χ1n) is 9.05. The number of hydrogen-bond donors (Lipinski definition) is 0. The Morgan fingerprint density at radius 1 is 1.03 bits per heavy atom. The second kappa shape index (κ2) is 8.12. The smallest absolute Gasteiger partial charge is 0.271 e. The monoisotopic (exact) mass is 416 g/mol. The molecule has 0 unspecified atom stereocenters. The standard InChI is InChI=1S/C20H20N2O6S/c1-29(27,28)18-12-16(11-17(13-18)22(25)26)20(24)21-9-7-15(8-10-21)19(23)14-5-3-2-4-6-14/h2-6,11-13,15H,7-10H2,1H3. The van der Waals surface area contributed by atoms with Gasteiger partial charge in [0.25, 0.3) is 11.6 Å². The summed E-state index contributed by atoms with van der Waals surface area (Å²) in [5.74, 6) is -0.644. The van der Waals surface area contributed by atoms with Crippen LogP contribution in [0.4, 0.5) is 5.69 Å². The fourth-order valence-corrected chi connectivity index (χ4v) is 4.07. The van der Waals surface area contributed by atoms with Gasteiger partial charge < -0.3 is 4.90 Å². The van der Waals surface area contributed by atoms with Crippen molar-refractivity contribution in [1.82, 2.24) is 4.90 Å². The highest BCUT2D eigenvalue weighted by Gasteiger charge is 2.29. The zero-order chi connectivity index (χ0) is 21.2. The zero-order valence-corrected chi connectivity index (χ0v) is 16.6. The Kier molecular flexibility index (Phi) is 5.78. The highest BCUT2D eigenvalue weighted by atomic mass is 32.2. The van der Waals surface area contributed by atoms with Crippen molar-refractivity contribution in [2.24, 2.45) is 5.92 Å². The number of benzene rings is 2. The molecule has 9 heteroatoms. The Balaban J connectivity index is 1.76. The number of ketones is 1. The maximum Gasteiger partial charge on any atom is 0.271 e. The first-order chi connectivity index (χ1) is 13.7. The van der Waals surface area contributed by atoms with Crippen LogP contribution in [0.5, 0.6) is 0 Å². The summed E-state index contributed by atoms with van der Waals surface area (Å²) in [5, 5.41) is 11.1. The van der Waals surface area contributed by atoms with E-state index >= 15 is 0 Å². The predicted molar refractivity (Wildman–Crippen MR) is 106 cm³/mol. The maximum absolute atomic E-state index is 12.8. The van der Waals surface area contributed by atoms with Gasteiger partial charge in [0.15, 0.2) is 15.6 Å². The van der Waals surface area contributed by atoms with Gasteiger partial charge in [0.1, 0.15) is 0 Å². The third kappa shape index (κ3) is 4.68. The minimum absolute atomic E-state index is 0.0346. The lowest BCUT2D eigenvalue weighted by atomic mass is 9.88. The molecule has 1 fully saturated rings. The van der Waals surface area contributed by atoms with Crippen molar-refractivity contribution in [1.29, 1.82) is 0 Å². The van der Waals surface area contributed by atoms with Crippen molar-refractivity contribution in [3.8, 4) is 0 Å². The number of non-ortho nitro benzene ring substituents is 1. The van der Waals surface area contributed by atoms with Gasteiger partial charge in [-0.1, -0.05) is 30.3 Å². The summed E-state index contributed by atoms with van der Waals surface area (Å²) in [4.78, 5) is 37.0. The topological polar surface area (TPSA) is 115 Å². The van der Waals surface area contributed by atoms with E-state index in [1.165, 1.54) is 4.90 Å². The summed E-state index contributed by atoms with van der Waals surface area (Å²) in [6.45, 7) is 0.637. The number of rotatable bonds is 5. The molecule has 1 aliphatic rings. The van der Waals surface area contributed by atoms with E-state index in [9.17, 15) is 28.1 Å². The average Bonchev–Trinajstić information content (AvgIpc) is 2.72. The lowest BCUT2D eigenvalue weighted by Crippen LogP contribution is -2.40. The number of hydrogen-bond acceptors (Lipinski definition) is 6. The van der Waals surface area contributed by atoms with Crippen LogP contribution in [0, 0.1) is 16.0 Å². The number of nitro benzene ring substituents is 1. The van der Waals surface area contributed by atoms with Crippen molar-refractivity contribution in [3.05, 3.63) is 69.8 Å². The summed E-state index contributed by atoms with van der Waals surface area (Å²) < 4.78 is 23.7. The number of carbonyl (C=O) groups is 2. The quantitative estimate of drug-likeness (QED) is 0.420. The lowest BCUT2D eigenvalue weighted by Gasteiger charge is -2.31. The highest BCUT2D eigenvalue weighted by molar-refractivity contribution is 7.90. The number of piperidine rings is 1. The van der Waals surface area contributed by atoms with Gasteiger partial charge in [0.2, 0.25) is 0 Å². The summed E-state index contributed by atoms with van der Waals surface area (Å²) in [6.07, 6.45) is 1.89. The number of amides is 1. The van der Waals surface area contributed by atoms with Gasteiger partial charge in [-0.2, -0.15) is 0 Å². The first-order valence-corrected chi connectivity index (χ1v) is 10.9. The molecule has 1 heterocycles. The van der Waals surface area contributed by atoms with E-state index in [2.05, 4.69) is 0 Å². The molecule has 1 aliphatic heterocycles. The van der Waals surface area contributed by atoms with E-state index in [1.54, 1.807) is 24.3 Å². The lowest BCUT2D eigenvalue weighted by molar-refractivity contribution is -0.385. The minimum atomic E-state index is -3.72. The number of likely N-dealkylation sites (tertiary alicyclic amines) is 1. The number of nitrogens with zero attached hydrogens (tertiary/aromatic N) is 2. The van der Waals surface area contributed by atoms with E-state index in [0.29, 0.717) is 31.5 Å². The molecule has 0 radical (unpaired) electrons. The van der Waals surface area contributed by atoms with Gasteiger partial charge in [0.05, 0.1) is 9.82 Å². The average molecular weight is 416 g/mol. The van der Waals surface area contributed by atoms with Crippen LogP contribution < -0.4 is 0 Å². The van der Waals surface area contributed by atoms with Gasteiger partial charge in [-0.25, -0.2) is 8.42 Å². The second-order valence-electron chi connectivity index (χ2n) is 7.04. The summed E-state index contributed by atoms with van der Waals surface area (Å²) in [5.41, 5.74) is 0.131. The van der Waals surface area contributed by atoms with Crippen LogP contribution >= 0.6 is 0 Å². The van der Waals surface area contributed by atoms with E-state index in [0.717, 1.165) is 24.5 Å². The van der Waals surface area contributed by atoms with Crippen LogP contribution in [0.1, 0.15) is 33.6 Å². The fraction of sp³-hybridized carbons (Fsp3) is 0.300. The Morgan fingerprint density at radius 3 is 2.21 bits per heavy atom. The zero-order valence-electron chi connectivity index (χ0n) is 15.8. The van der Waals surface area contributed by atoms with E-state index < -0.39 is 26.4 Å². The highest BCUT2D eigenvalue weighted by Crippen LogP contribution is 2.26. The van der Waals surface area contributed by atoms with E-state index in [-0.39, 0.29) is 22.2 Å². The molecule has 0 atom stereocenters. The molecule has 1 saturated heterocycles. The van der Waals surface area contributed by atoms with E-state index in [4.69, 9.17) is 0 Å². The Morgan fingerprint density at radius 2 is 1.66 bits per heavy atom. The van der Waals surface area contributed by atoms with Crippen molar-refractivity contribution < 1.29 is 22.9 Å². The largest absolute Gasteiger partial charge is 0.339 e. The Bertz CT molecular complexity index is 1060. The molecule has 8 nitrogen and oxygen atoms in total. The van der Waals surface area contributed by atoms with Crippen LogP contribution in [0.15, 0.2) is 53.4 Å². The molecule has 0 aliphatic carbocycles. The number of sulfone groups is 1. The van der Waals surface area contributed by atoms with Crippen LogP contribution in [0.25, 0.3) is 0 Å². The molecule has 0 N–H and O–H groups in total. The molecule has 0 saturated carbocycles. The van der Waals surface area contributed by atoms with E-state index in [1.807, 2.05) is 6.07 Å².